The Kier molecular flexibility index (Phi) is 4.47. The predicted octanol–water partition coefficient (Wildman–Crippen LogP) is 3.71. The van der Waals surface area contributed by atoms with Gasteiger partial charge in [-0.1, -0.05) is 34.1 Å². The van der Waals surface area contributed by atoms with E-state index in [-0.39, 0.29) is 11.9 Å². The molecule has 0 fully saturated rings. The SMILES string of the molecule is CC(c1ccccc1F)N(C)c1ncc(CBr)cn1. The molecule has 1 aromatic heterocycles. The standard InChI is InChI=1S/C14H15BrFN3/c1-10(12-5-3-4-6-13(12)16)19(2)14-17-8-11(7-15)9-18-14/h3-6,8-10H,7H2,1-2H3. The maximum atomic E-state index is 13.8. The average molecular weight is 324 g/mol. The van der Waals surface area contributed by atoms with Crippen LogP contribution in [-0.2, 0) is 5.33 Å². The predicted molar refractivity (Wildman–Crippen MR) is 77.9 cm³/mol. The van der Waals surface area contributed by atoms with Gasteiger partial charge in [-0.05, 0) is 18.6 Å². The Morgan fingerprint density at radius 1 is 1.26 bits per heavy atom. The van der Waals surface area contributed by atoms with Crippen LogP contribution in [0, 0.1) is 5.82 Å². The first-order valence-corrected chi connectivity index (χ1v) is 7.09. The summed E-state index contributed by atoms with van der Waals surface area (Å²) in [5.74, 6) is 0.374. The van der Waals surface area contributed by atoms with Crippen LogP contribution in [0.15, 0.2) is 36.7 Å². The molecule has 5 heteroatoms. The fourth-order valence-electron chi connectivity index (χ4n) is 1.79. The van der Waals surface area contributed by atoms with Gasteiger partial charge in [-0.3, -0.25) is 0 Å². The van der Waals surface area contributed by atoms with Gasteiger partial charge in [0, 0.05) is 30.3 Å². The Morgan fingerprint density at radius 3 is 2.47 bits per heavy atom. The summed E-state index contributed by atoms with van der Waals surface area (Å²) in [6.45, 7) is 1.93. The highest BCUT2D eigenvalue weighted by atomic mass is 79.9. The normalized spacial score (nSPS) is 12.2. The summed E-state index contributed by atoms with van der Waals surface area (Å²) >= 11 is 3.35. The van der Waals surface area contributed by atoms with E-state index in [4.69, 9.17) is 0 Å². The van der Waals surface area contributed by atoms with Crippen molar-refractivity contribution in [1.82, 2.24) is 9.97 Å². The number of alkyl halides is 1. The second-order valence-corrected chi connectivity index (χ2v) is 4.89. The van der Waals surface area contributed by atoms with Gasteiger partial charge in [-0.2, -0.15) is 0 Å². The molecule has 0 aliphatic carbocycles. The number of hydrogen-bond donors (Lipinski definition) is 0. The van der Waals surface area contributed by atoms with Crippen molar-refractivity contribution < 1.29 is 4.39 Å². The number of rotatable bonds is 4. The van der Waals surface area contributed by atoms with Crippen molar-refractivity contribution in [2.45, 2.75) is 18.3 Å². The van der Waals surface area contributed by atoms with Gasteiger partial charge < -0.3 is 4.90 Å². The van der Waals surface area contributed by atoms with Gasteiger partial charge in [0.05, 0.1) is 6.04 Å². The maximum absolute atomic E-state index is 13.8. The van der Waals surface area contributed by atoms with E-state index in [0.29, 0.717) is 11.5 Å². The van der Waals surface area contributed by atoms with Gasteiger partial charge in [0.2, 0.25) is 5.95 Å². The molecule has 3 nitrogen and oxygen atoms in total. The third kappa shape index (κ3) is 3.10. The molecule has 19 heavy (non-hydrogen) atoms. The molecule has 1 atom stereocenters. The molecular formula is C14H15BrFN3. The van der Waals surface area contributed by atoms with E-state index < -0.39 is 0 Å². The topological polar surface area (TPSA) is 29.0 Å². The molecule has 1 unspecified atom stereocenters. The first-order chi connectivity index (χ1) is 9.13. The molecule has 0 amide bonds. The maximum Gasteiger partial charge on any atom is 0.225 e. The van der Waals surface area contributed by atoms with Crippen LogP contribution in [0.2, 0.25) is 0 Å². The average Bonchev–Trinajstić information content (AvgIpc) is 2.46. The second kappa shape index (κ2) is 6.10. The number of halogens is 2. The lowest BCUT2D eigenvalue weighted by molar-refractivity contribution is 0.582. The van der Waals surface area contributed by atoms with Crippen molar-refractivity contribution in [2.24, 2.45) is 0 Å². The van der Waals surface area contributed by atoms with Crippen LogP contribution in [0.4, 0.5) is 10.3 Å². The molecule has 1 aromatic carbocycles. The summed E-state index contributed by atoms with van der Waals surface area (Å²) < 4.78 is 13.8. The molecule has 0 saturated carbocycles. The van der Waals surface area contributed by atoms with E-state index in [1.807, 2.05) is 24.9 Å². The summed E-state index contributed by atoms with van der Waals surface area (Å²) in [6, 6.07) is 6.64. The summed E-state index contributed by atoms with van der Waals surface area (Å²) in [5, 5.41) is 0.722. The van der Waals surface area contributed by atoms with Crippen molar-refractivity contribution in [1.29, 1.82) is 0 Å². The fourth-order valence-corrected chi connectivity index (χ4v) is 2.08. The van der Waals surface area contributed by atoms with Gasteiger partial charge in [0.25, 0.3) is 0 Å². The van der Waals surface area contributed by atoms with Crippen LogP contribution >= 0.6 is 15.9 Å². The van der Waals surface area contributed by atoms with Crippen molar-refractivity contribution in [3.63, 3.8) is 0 Å². The van der Waals surface area contributed by atoms with Crippen LogP contribution in [0.5, 0.6) is 0 Å². The number of aromatic nitrogens is 2. The Balaban J connectivity index is 2.23. The van der Waals surface area contributed by atoms with Crippen LogP contribution in [-0.4, -0.2) is 17.0 Å². The molecule has 0 aliphatic heterocycles. The largest absolute Gasteiger partial charge is 0.337 e. The molecule has 0 spiro atoms. The zero-order chi connectivity index (χ0) is 13.8. The van der Waals surface area contributed by atoms with Crippen molar-refractivity contribution in [3.8, 4) is 0 Å². The fraction of sp³-hybridized carbons (Fsp3) is 0.286. The van der Waals surface area contributed by atoms with E-state index in [2.05, 4.69) is 25.9 Å². The lowest BCUT2D eigenvalue weighted by Crippen LogP contribution is -2.24. The molecule has 2 rings (SSSR count). The van der Waals surface area contributed by atoms with Gasteiger partial charge in [0.1, 0.15) is 5.82 Å². The quantitative estimate of drug-likeness (QED) is 0.803. The lowest BCUT2D eigenvalue weighted by atomic mass is 10.1. The molecule has 100 valence electrons. The first kappa shape index (κ1) is 13.9. The molecule has 2 aromatic rings. The molecule has 0 saturated heterocycles. The van der Waals surface area contributed by atoms with E-state index in [1.54, 1.807) is 24.5 Å². The van der Waals surface area contributed by atoms with Gasteiger partial charge >= 0.3 is 0 Å². The Morgan fingerprint density at radius 2 is 1.89 bits per heavy atom. The first-order valence-electron chi connectivity index (χ1n) is 5.97. The van der Waals surface area contributed by atoms with Crippen LogP contribution in [0.1, 0.15) is 24.1 Å². The van der Waals surface area contributed by atoms with E-state index >= 15 is 0 Å². The Bertz CT molecular complexity index is 545. The van der Waals surface area contributed by atoms with Crippen LogP contribution in [0.3, 0.4) is 0 Å². The monoisotopic (exact) mass is 323 g/mol. The number of hydrogen-bond acceptors (Lipinski definition) is 3. The summed E-state index contributed by atoms with van der Waals surface area (Å²) in [7, 11) is 1.86. The van der Waals surface area contributed by atoms with Gasteiger partial charge in [-0.25, -0.2) is 14.4 Å². The molecule has 0 radical (unpaired) electrons. The van der Waals surface area contributed by atoms with E-state index in [9.17, 15) is 4.39 Å². The molecule has 0 bridgehead atoms. The Hall–Kier alpha value is -1.49. The highest BCUT2D eigenvalue weighted by molar-refractivity contribution is 9.08. The summed E-state index contributed by atoms with van der Waals surface area (Å²) in [4.78, 5) is 10.4. The molecular weight excluding hydrogens is 309 g/mol. The summed E-state index contributed by atoms with van der Waals surface area (Å²) in [5.41, 5.74) is 1.65. The second-order valence-electron chi connectivity index (χ2n) is 4.33. The third-order valence-corrected chi connectivity index (χ3v) is 3.75. The van der Waals surface area contributed by atoms with Gasteiger partial charge in [0.15, 0.2) is 0 Å². The molecule has 0 N–H and O–H groups in total. The van der Waals surface area contributed by atoms with Crippen molar-refractivity contribution in [2.75, 3.05) is 11.9 Å². The highest BCUT2D eigenvalue weighted by Crippen LogP contribution is 2.24. The number of nitrogens with zero attached hydrogens (tertiary/aromatic N) is 3. The minimum Gasteiger partial charge on any atom is -0.337 e. The minimum absolute atomic E-state index is 0.129. The van der Waals surface area contributed by atoms with Crippen LogP contribution < -0.4 is 4.90 Å². The molecule has 0 aliphatic rings. The minimum atomic E-state index is -0.209. The number of benzene rings is 1. The van der Waals surface area contributed by atoms with Crippen molar-refractivity contribution >= 4 is 21.9 Å². The zero-order valence-corrected chi connectivity index (χ0v) is 12.4. The smallest absolute Gasteiger partial charge is 0.225 e. The zero-order valence-electron chi connectivity index (χ0n) is 10.8. The Labute approximate surface area is 120 Å². The number of anilines is 1. The summed E-state index contributed by atoms with van der Waals surface area (Å²) in [6.07, 6.45) is 3.53. The van der Waals surface area contributed by atoms with Crippen LogP contribution in [0.25, 0.3) is 0 Å². The molecule has 1 heterocycles. The lowest BCUT2D eigenvalue weighted by Gasteiger charge is -2.25. The van der Waals surface area contributed by atoms with E-state index in [0.717, 1.165) is 10.9 Å². The highest BCUT2D eigenvalue weighted by Gasteiger charge is 2.17. The van der Waals surface area contributed by atoms with Crippen molar-refractivity contribution in [3.05, 3.63) is 53.6 Å². The third-order valence-electron chi connectivity index (χ3n) is 3.10. The van der Waals surface area contributed by atoms with E-state index in [1.165, 1.54) is 6.07 Å². The van der Waals surface area contributed by atoms with Gasteiger partial charge in [-0.15, -0.1) is 0 Å².